The number of benzene rings is 2. The molecule has 2 aromatic carbocycles. The molecule has 186 valence electrons. The Balaban J connectivity index is 1.48. The zero-order valence-electron chi connectivity index (χ0n) is 20.5. The highest BCUT2D eigenvalue weighted by Crippen LogP contribution is 2.41. The van der Waals surface area contributed by atoms with E-state index >= 15 is 0 Å². The third kappa shape index (κ3) is 5.59. The number of carbonyl (C=O) groups excluding carboxylic acids is 2. The maximum Gasteiger partial charge on any atom is 0.255 e. The molecule has 0 radical (unpaired) electrons. The number of methoxy groups -OCH3 is 3. The average Bonchev–Trinajstić information content (AvgIpc) is 3.46. The van der Waals surface area contributed by atoms with E-state index in [-0.39, 0.29) is 11.8 Å². The van der Waals surface area contributed by atoms with E-state index in [1.807, 2.05) is 46.2 Å². The number of likely N-dealkylation sites (tertiary alicyclic amines) is 1. The predicted octanol–water partition coefficient (Wildman–Crippen LogP) is 4.36. The Morgan fingerprint density at radius 3 is 2.20 bits per heavy atom. The Kier molecular flexibility index (Phi) is 8.23. The van der Waals surface area contributed by atoms with E-state index in [9.17, 15) is 9.59 Å². The quantitative estimate of drug-likeness (QED) is 0.506. The summed E-state index contributed by atoms with van der Waals surface area (Å²) in [6.45, 7) is 2.74. The second-order valence-electron chi connectivity index (χ2n) is 8.51. The lowest BCUT2D eigenvalue weighted by Gasteiger charge is -2.28. The van der Waals surface area contributed by atoms with Gasteiger partial charge in [0.05, 0.1) is 38.2 Å². The van der Waals surface area contributed by atoms with E-state index in [0.717, 1.165) is 42.0 Å². The summed E-state index contributed by atoms with van der Waals surface area (Å²) >= 11 is 1.45. The number of thioether (sulfide) groups is 1. The van der Waals surface area contributed by atoms with Crippen LogP contribution in [0, 0.1) is 0 Å². The van der Waals surface area contributed by atoms with Gasteiger partial charge in [-0.2, -0.15) is 0 Å². The summed E-state index contributed by atoms with van der Waals surface area (Å²) in [6, 6.07) is 11.2. The minimum Gasteiger partial charge on any atom is -0.496 e. The summed E-state index contributed by atoms with van der Waals surface area (Å²) < 4.78 is 16.6. The van der Waals surface area contributed by atoms with E-state index in [1.54, 1.807) is 21.3 Å². The van der Waals surface area contributed by atoms with Crippen LogP contribution in [0.2, 0.25) is 0 Å². The smallest absolute Gasteiger partial charge is 0.255 e. The number of carbonyl (C=O) groups is 2. The van der Waals surface area contributed by atoms with E-state index in [4.69, 9.17) is 14.2 Å². The first-order chi connectivity index (χ1) is 17.0. The average molecular weight is 497 g/mol. The van der Waals surface area contributed by atoms with Crippen LogP contribution in [0.3, 0.4) is 0 Å². The molecule has 1 saturated heterocycles. The molecule has 0 aromatic heterocycles. The maximum absolute atomic E-state index is 13.4. The Bertz CT molecular complexity index is 1090. The van der Waals surface area contributed by atoms with E-state index in [1.165, 1.54) is 11.8 Å². The molecule has 2 aromatic rings. The summed E-state index contributed by atoms with van der Waals surface area (Å²) in [5.74, 6) is 2.49. The molecule has 0 atom stereocenters. The van der Waals surface area contributed by atoms with Gasteiger partial charge in [-0.3, -0.25) is 9.59 Å². The molecule has 1 fully saturated rings. The summed E-state index contributed by atoms with van der Waals surface area (Å²) in [5.41, 5.74) is 2.60. The van der Waals surface area contributed by atoms with Gasteiger partial charge in [0, 0.05) is 43.2 Å². The minimum absolute atomic E-state index is 0.0225. The van der Waals surface area contributed by atoms with Crippen LogP contribution in [0.1, 0.15) is 35.2 Å². The fraction of sp³-hybridized carbons (Fsp3) is 0.407. The summed E-state index contributed by atoms with van der Waals surface area (Å²) in [5, 5.41) is 0. The number of ether oxygens (including phenoxy) is 3. The van der Waals surface area contributed by atoms with Crippen molar-refractivity contribution in [1.29, 1.82) is 0 Å². The first kappa shape index (κ1) is 25.0. The van der Waals surface area contributed by atoms with E-state index < -0.39 is 0 Å². The SMILES string of the molecule is COc1cc(OC)c(C2=CCN(C(=O)c3ccccc3SCC(=O)N3CCCC3)CC2)c(OC)c1. The summed E-state index contributed by atoms with van der Waals surface area (Å²) in [4.78, 5) is 30.5. The number of rotatable bonds is 8. The molecule has 8 heteroatoms. The van der Waals surface area contributed by atoms with Crippen LogP contribution >= 0.6 is 11.8 Å². The Morgan fingerprint density at radius 1 is 0.914 bits per heavy atom. The Labute approximate surface area is 211 Å². The highest BCUT2D eigenvalue weighted by molar-refractivity contribution is 8.00. The van der Waals surface area contributed by atoms with Gasteiger partial charge in [-0.1, -0.05) is 18.2 Å². The van der Waals surface area contributed by atoms with Crippen molar-refractivity contribution in [3.8, 4) is 17.2 Å². The maximum atomic E-state index is 13.4. The van der Waals surface area contributed by atoms with Gasteiger partial charge in [-0.05, 0) is 37.0 Å². The molecule has 2 heterocycles. The molecule has 7 nitrogen and oxygen atoms in total. The molecular weight excluding hydrogens is 464 g/mol. The standard InChI is InChI=1S/C27H32N2O5S/c1-32-20-16-22(33-2)26(23(17-20)34-3)19-10-14-29(15-11-19)27(31)21-8-4-5-9-24(21)35-18-25(30)28-12-6-7-13-28/h4-5,8-10,16-17H,6-7,11-15,18H2,1-3H3. The summed E-state index contributed by atoms with van der Waals surface area (Å²) in [6.07, 6.45) is 4.88. The molecule has 0 spiro atoms. The molecule has 0 unspecified atom stereocenters. The second kappa shape index (κ2) is 11.5. The van der Waals surface area contributed by atoms with Crippen molar-refractivity contribution in [2.24, 2.45) is 0 Å². The van der Waals surface area contributed by atoms with Crippen LogP contribution in [0.15, 0.2) is 47.4 Å². The zero-order chi connectivity index (χ0) is 24.8. The largest absolute Gasteiger partial charge is 0.496 e. The van der Waals surface area contributed by atoms with Crippen LogP contribution in [-0.2, 0) is 4.79 Å². The third-order valence-electron chi connectivity index (χ3n) is 6.46. The van der Waals surface area contributed by atoms with Crippen LogP contribution in [-0.4, -0.2) is 74.9 Å². The Morgan fingerprint density at radius 2 is 1.60 bits per heavy atom. The number of nitrogens with zero attached hydrogens (tertiary/aromatic N) is 2. The fourth-order valence-electron chi connectivity index (χ4n) is 4.54. The molecule has 2 aliphatic rings. The lowest BCUT2D eigenvalue weighted by molar-refractivity contribution is -0.127. The van der Waals surface area contributed by atoms with Crippen molar-refractivity contribution in [3.63, 3.8) is 0 Å². The molecule has 0 aliphatic carbocycles. The molecule has 0 saturated carbocycles. The van der Waals surface area contributed by atoms with Gasteiger partial charge in [-0.25, -0.2) is 0 Å². The van der Waals surface area contributed by atoms with Crippen molar-refractivity contribution in [2.75, 3.05) is 53.3 Å². The van der Waals surface area contributed by atoms with E-state index in [0.29, 0.717) is 48.1 Å². The van der Waals surface area contributed by atoms with Gasteiger partial charge in [0.1, 0.15) is 17.2 Å². The molecule has 2 aliphatic heterocycles. The monoisotopic (exact) mass is 496 g/mol. The first-order valence-corrected chi connectivity index (χ1v) is 12.8. The minimum atomic E-state index is -0.0225. The number of amides is 2. The van der Waals surface area contributed by atoms with Gasteiger partial charge in [0.2, 0.25) is 5.91 Å². The topological polar surface area (TPSA) is 68.3 Å². The van der Waals surface area contributed by atoms with Gasteiger partial charge in [0.25, 0.3) is 5.91 Å². The summed E-state index contributed by atoms with van der Waals surface area (Å²) in [7, 11) is 4.86. The molecule has 0 N–H and O–H groups in total. The van der Waals surface area contributed by atoms with Gasteiger partial charge >= 0.3 is 0 Å². The predicted molar refractivity (Wildman–Crippen MR) is 138 cm³/mol. The fourth-order valence-corrected chi connectivity index (χ4v) is 5.49. The third-order valence-corrected chi connectivity index (χ3v) is 7.52. The highest BCUT2D eigenvalue weighted by Gasteiger charge is 2.25. The second-order valence-corrected chi connectivity index (χ2v) is 9.53. The van der Waals surface area contributed by atoms with Crippen LogP contribution < -0.4 is 14.2 Å². The van der Waals surface area contributed by atoms with Gasteiger partial charge in [0.15, 0.2) is 0 Å². The highest BCUT2D eigenvalue weighted by atomic mass is 32.2. The normalized spacial score (nSPS) is 15.6. The van der Waals surface area contributed by atoms with Crippen LogP contribution in [0.5, 0.6) is 17.2 Å². The first-order valence-electron chi connectivity index (χ1n) is 11.8. The molecular formula is C27H32N2O5S. The number of hydrogen-bond donors (Lipinski definition) is 0. The van der Waals surface area contributed by atoms with Crippen molar-refractivity contribution >= 4 is 29.1 Å². The van der Waals surface area contributed by atoms with Gasteiger partial charge < -0.3 is 24.0 Å². The van der Waals surface area contributed by atoms with Crippen LogP contribution in [0.4, 0.5) is 0 Å². The lowest BCUT2D eigenvalue weighted by atomic mass is 9.96. The van der Waals surface area contributed by atoms with Crippen molar-refractivity contribution in [3.05, 3.63) is 53.6 Å². The van der Waals surface area contributed by atoms with Crippen LogP contribution in [0.25, 0.3) is 5.57 Å². The van der Waals surface area contributed by atoms with Crippen molar-refractivity contribution < 1.29 is 23.8 Å². The van der Waals surface area contributed by atoms with E-state index in [2.05, 4.69) is 6.08 Å². The lowest BCUT2D eigenvalue weighted by Crippen LogP contribution is -2.35. The molecule has 4 rings (SSSR count). The van der Waals surface area contributed by atoms with Crippen molar-refractivity contribution in [1.82, 2.24) is 9.80 Å². The molecule has 35 heavy (non-hydrogen) atoms. The zero-order valence-corrected chi connectivity index (χ0v) is 21.4. The Hall–Kier alpha value is -3.13. The molecule has 0 bridgehead atoms. The number of hydrogen-bond acceptors (Lipinski definition) is 6. The van der Waals surface area contributed by atoms with Gasteiger partial charge in [-0.15, -0.1) is 11.8 Å². The van der Waals surface area contributed by atoms with Crippen molar-refractivity contribution in [2.45, 2.75) is 24.2 Å². The molecule has 2 amide bonds.